The summed E-state index contributed by atoms with van der Waals surface area (Å²) in [4.78, 5) is 10.0. The summed E-state index contributed by atoms with van der Waals surface area (Å²) in [5, 5.41) is 2.57. The van der Waals surface area contributed by atoms with Crippen LogP contribution in [-0.4, -0.2) is 32.7 Å². The molecule has 0 radical (unpaired) electrons. The predicted molar refractivity (Wildman–Crippen MR) is 52.3 cm³/mol. The molecule has 0 aromatic rings. The Labute approximate surface area is 79.8 Å². The maximum absolute atomic E-state index is 10.0. The van der Waals surface area contributed by atoms with Gasteiger partial charge in [-0.3, -0.25) is 4.79 Å². The van der Waals surface area contributed by atoms with Crippen LogP contribution in [0, 0.1) is 5.41 Å². The van der Waals surface area contributed by atoms with Gasteiger partial charge in [0.2, 0.25) is 6.41 Å². The number of amides is 1. The first kappa shape index (κ1) is 12.4. The molecule has 0 bridgehead atoms. The minimum Gasteiger partial charge on any atom is -0.384 e. The van der Waals surface area contributed by atoms with E-state index >= 15 is 0 Å². The van der Waals surface area contributed by atoms with Gasteiger partial charge in [-0.25, -0.2) is 0 Å². The molecule has 0 aliphatic rings. The number of methoxy groups -OCH3 is 1. The first-order valence-electron chi connectivity index (χ1n) is 4.43. The number of carbonyl (C=O) groups excluding carboxylic acids is 1. The quantitative estimate of drug-likeness (QED) is 0.558. The van der Waals surface area contributed by atoms with E-state index in [0.717, 1.165) is 6.42 Å². The van der Waals surface area contributed by atoms with Crippen molar-refractivity contribution in [2.75, 3.05) is 20.3 Å². The molecule has 0 saturated heterocycles. The molecule has 0 aliphatic heterocycles. The maximum atomic E-state index is 10.0. The molecule has 0 aromatic carbocycles. The molecule has 1 atom stereocenters. The Hall–Kier alpha value is -0.610. The molecule has 4 nitrogen and oxygen atoms in total. The van der Waals surface area contributed by atoms with Crippen LogP contribution in [0.3, 0.4) is 0 Å². The van der Waals surface area contributed by atoms with Crippen LogP contribution in [0.4, 0.5) is 0 Å². The molecule has 0 aliphatic carbocycles. The highest BCUT2D eigenvalue weighted by molar-refractivity contribution is 5.45. The van der Waals surface area contributed by atoms with Gasteiger partial charge in [0, 0.05) is 19.7 Å². The predicted octanol–water partition coefficient (Wildman–Crippen LogP) is 0.122. The van der Waals surface area contributed by atoms with Gasteiger partial charge in [-0.2, -0.15) is 0 Å². The number of nitrogens with one attached hydrogen (secondary N) is 1. The van der Waals surface area contributed by atoms with Gasteiger partial charge in [0.25, 0.3) is 0 Å². The Bertz CT molecular complexity index is 149. The number of carbonyl (C=O) groups is 1. The summed E-state index contributed by atoms with van der Waals surface area (Å²) in [7, 11) is 1.68. The fraction of sp³-hybridized carbons (Fsp3) is 0.889. The van der Waals surface area contributed by atoms with Crippen molar-refractivity contribution >= 4 is 6.41 Å². The summed E-state index contributed by atoms with van der Waals surface area (Å²) >= 11 is 0. The molecule has 0 rings (SSSR count). The normalized spacial score (nSPS) is 13.8. The monoisotopic (exact) mass is 188 g/mol. The Kier molecular flexibility index (Phi) is 5.66. The molecule has 3 N–H and O–H groups in total. The first-order valence-corrected chi connectivity index (χ1v) is 4.43. The SMILES string of the molecule is COCC(C)(C)C[C@H](N)CNC=O. The Morgan fingerprint density at radius 1 is 1.62 bits per heavy atom. The molecule has 4 heteroatoms. The zero-order valence-corrected chi connectivity index (χ0v) is 8.67. The first-order chi connectivity index (χ1) is 6.02. The van der Waals surface area contributed by atoms with Crippen LogP contribution in [0.2, 0.25) is 0 Å². The van der Waals surface area contributed by atoms with Gasteiger partial charge in [0.1, 0.15) is 0 Å². The van der Waals surface area contributed by atoms with Crippen molar-refractivity contribution in [1.29, 1.82) is 0 Å². The summed E-state index contributed by atoms with van der Waals surface area (Å²) in [5.74, 6) is 0. The zero-order valence-electron chi connectivity index (χ0n) is 8.67. The average molecular weight is 188 g/mol. The topological polar surface area (TPSA) is 64.3 Å². The molecule has 0 unspecified atom stereocenters. The van der Waals surface area contributed by atoms with Gasteiger partial charge < -0.3 is 15.8 Å². The van der Waals surface area contributed by atoms with Crippen molar-refractivity contribution in [3.63, 3.8) is 0 Å². The third-order valence-electron chi connectivity index (χ3n) is 1.81. The molecule has 0 spiro atoms. The van der Waals surface area contributed by atoms with Crippen molar-refractivity contribution < 1.29 is 9.53 Å². The minimum atomic E-state index is -0.00431. The van der Waals surface area contributed by atoms with E-state index in [1.807, 2.05) is 0 Å². The number of ether oxygens (including phenoxy) is 1. The van der Waals surface area contributed by atoms with E-state index in [0.29, 0.717) is 19.6 Å². The number of nitrogens with two attached hydrogens (primary N) is 1. The highest BCUT2D eigenvalue weighted by Gasteiger charge is 2.20. The molecular weight excluding hydrogens is 168 g/mol. The van der Waals surface area contributed by atoms with Crippen molar-refractivity contribution in [2.24, 2.45) is 11.1 Å². The van der Waals surface area contributed by atoms with Crippen molar-refractivity contribution in [3.05, 3.63) is 0 Å². The van der Waals surface area contributed by atoms with Crippen LogP contribution in [0.15, 0.2) is 0 Å². The van der Waals surface area contributed by atoms with Gasteiger partial charge in [0.05, 0.1) is 6.61 Å². The Balaban J connectivity index is 3.73. The Morgan fingerprint density at radius 3 is 2.69 bits per heavy atom. The summed E-state index contributed by atoms with van der Waals surface area (Å²) in [6.07, 6.45) is 1.50. The Morgan fingerprint density at radius 2 is 2.23 bits per heavy atom. The van der Waals surface area contributed by atoms with Gasteiger partial charge in [-0.15, -0.1) is 0 Å². The molecular formula is C9H20N2O2. The van der Waals surface area contributed by atoms with E-state index in [4.69, 9.17) is 10.5 Å². The summed E-state index contributed by atoms with van der Waals surface area (Å²) in [6.45, 7) is 5.40. The van der Waals surface area contributed by atoms with Gasteiger partial charge in [-0.1, -0.05) is 13.8 Å². The van der Waals surface area contributed by atoms with Gasteiger partial charge in [0.15, 0.2) is 0 Å². The highest BCUT2D eigenvalue weighted by Crippen LogP contribution is 2.21. The van der Waals surface area contributed by atoms with Crippen LogP contribution >= 0.6 is 0 Å². The zero-order chi connectivity index (χ0) is 10.3. The fourth-order valence-corrected chi connectivity index (χ4v) is 1.43. The molecule has 78 valence electrons. The fourth-order valence-electron chi connectivity index (χ4n) is 1.43. The van der Waals surface area contributed by atoms with E-state index in [1.54, 1.807) is 7.11 Å². The average Bonchev–Trinajstić information content (AvgIpc) is 1.99. The van der Waals surface area contributed by atoms with E-state index < -0.39 is 0 Å². The third kappa shape index (κ3) is 6.54. The standard InChI is InChI=1S/C9H20N2O2/c1-9(2,6-13-3)4-8(10)5-11-7-12/h7-8H,4-6,10H2,1-3H3,(H,11,12)/t8-/m0/s1. The number of rotatable bonds is 7. The minimum absolute atomic E-state index is 0.00431. The lowest BCUT2D eigenvalue weighted by Gasteiger charge is -2.26. The molecule has 0 saturated carbocycles. The van der Waals surface area contributed by atoms with Crippen LogP contribution in [0.25, 0.3) is 0 Å². The van der Waals surface area contributed by atoms with E-state index in [1.165, 1.54) is 0 Å². The van der Waals surface area contributed by atoms with E-state index in [2.05, 4.69) is 19.2 Å². The molecule has 13 heavy (non-hydrogen) atoms. The van der Waals surface area contributed by atoms with Gasteiger partial charge >= 0.3 is 0 Å². The molecule has 0 heterocycles. The van der Waals surface area contributed by atoms with Crippen molar-refractivity contribution in [2.45, 2.75) is 26.3 Å². The second-order valence-electron chi connectivity index (χ2n) is 4.09. The lowest BCUT2D eigenvalue weighted by atomic mass is 9.87. The smallest absolute Gasteiger partial charge is 0.207 e. The van der Waals surface area contributed by atoms with Crippen molar-refractivity contribution in [1.82, 2.24) is 5.32 Å². The maximum Gasteiger partial charge on any atom is 0.207 e. The number of hydrogen-bond donors (Lipinski definition) is 2. The van der Waals surface area contributed by atoms with E-state index in [9.17, 15) is 4.79 Å². The second kappa shape index (κ2) is 5.94. The van der Waals surface area contributed by atoms with Crippen LogP contribution in [-0.2, 0) is 9.53 Å². The van der Waals surface area contributed by atoms with Crippen LogP contribution in [0.1, 0.15) is 20.3 Å². The van der Waals surface area contributed by atoms with Crippen LogP contribution in [0.5, 0.6) is 0 Å². The number of hydrogen-bond acceptors (Lipinski definition) is 3. The molecule has 0 fully saturated rings. The summed E-state index contributed by atoms with van der Waals surface area (Å²) < 4.78 is 5.07. The summed E-state index contributed by atoms with van der Waals surface area (Å²) in [6, 6.07) is -0.00431. The van der Waals surface area contributed by atoms with Gasteiger partial charge in [-0.05, 0) is 11.8 Å². The van der Waals surface area contributed by atoms with Crippen LogP contribution < -0.4 is 11.1 Å². The summed E-state index contributed by atoms with van der Waals surface area (Å²) in [5.41, 5.74) is 5.87. The largest absolute Gasteiger partial charge is 0.384 e. The third-order valence-corrected chi connectivity index (χ3v) is 1.81. The lowest BCUT2D eigenvalue weighted by Crippen LogP contribution is -2.38. The lowest BCUT2D eigenvalue weighted by molar-refractivity contribution is -0.109. The molecule has 1 amide bonds. The van der Waals surface area contributed by atoms with Crippen molar-refractivity contribution in [3.8, 4) is 0 Å². The van der Waals surface area contributed by atoms with E-state index in [-0.39, 0.29) is 11.5 Å². The highest BCUT2D eigenvalue weighted by atomic mass is 16.5. The second-order valence-corrected chi connectivity index (χ2v) is 4.09. The molecule has 0 aromatic heterocycles.